The molecule has 0 radical (unpaired) electrons. The number of nitrogens with two attached hydrogens (primary N) is 1. The number of aryl methyl sites for hydroxylation is 1. The second-order valence-corrected chi connectivity index (χ2v) is 7.53. The molecule has 3 heterocycles. The number of hydrogen-bond donors (Lipinski definition) is 1. The molecule has 0 saturated carbocycles. The van der Waals surface area contributed by atoms with E-state index < -0.39 is 10.2 Å². The molecule has 0 unspecified atom stereocenters. The first kappa shape index (κ1) is 16.6. The van der Waals surface area contributed by atoms with Crippen molar-refractivity contribution in [1.29, 1.82) is 5.26 Å². The van der Waals surface area contributed by atoms with E-state index in [1.165, 1.54) is 17.7 Å². The zero-order chi connectivity index (χ0) is 17.5. The van der Waals surface area contributed by atoms with Crippen molar-refractivity contribution in [3.8, 4) is 6.07 Å². The van der Waals surface area contributed by atoms with E-state index in [9.17, 15) is 13.7 Å². The number of nitrogens with zero attached hydrogens (tertiary/aromatic N) is 6. The Morgan fingerprint density at radius 1 is 1.38 bits per heavy atom. The summed E-state index contributed by atoms with van der Waals surface area (Å²) in [6.45, 7) is 3.20. The fraction of sp³-hybridized carbons (Fsp3) is 0.500. The van der Waals surface area contributed by atoms with E-state index in [-0.39, 0.29) is 6.04 Å². The Morgan fingerprint density at radius 3 is 2.62 bits per heavy atom. The van der Waals surface area contributed by atoms with Crippen LogP contribution in [-0.2, 0) is 10.2 Å². The van der Waals surface area contributed by atoms with Gasteiger partial charge in [0.15, 0.2) is 5.65 Å². The highest BCUT2D eigenvalue weighted by atomic mass is 32.2. The van der Waals surface area contributed by atoms with E-state index in [4.69, 9.17) is 5.14 Å². The molecule has 1 aliphatic heterocycles. The van der Waals surface area contributed by atoms with Crippen LogP contribution < -0.4 is 10.0 Å². The molecule has 2 N–H and O–H groups in total. The standard InChI is InChI=1S/C14H19N7O2S/c1-10-7-11(8-15)13-17-9-18-14(21(10)13)20-5-3-12(4-6-20)19(2)24(16,22)23/h7,9,12H,3-6H2,1-2H3,(H2,16,22,23). The molecule has 0 atom stereocenters. The Balaban J connectivity index is 1.87. The largest absolute Gasteiger partial charge is 0.342 e. The molecule has 0 spiro atoms. The van der Waals surface area contributed by atoms with E-state index >= 15 is 0 Å². The van der Waals surface area contributed by atoms with Crippen LogP contribution in [0.25, 0.3) is 5.65 Å². The Labute approximate surface area is 140 Å². The predicted molar refractivity (Wildman–Crippen MR) is 88.5 cm³/mol. The molecule has 3 rings (SSSR count). The number of hydrogen-bond acceptors (Lipinski definition) is 6. The normalized spacial score (nSPS) is 16.7. The van der Waals surface area contributed by atoms with Gasteiger partial charge in [0.2, 0.25) is 5.95 Å². The van der Waals surface area contributed by atoms with Gasteiger partial charge in [-0.1, -0.05) is 0 Å². The van der Waals surface area contributed by atoms with Crippen LogP contribution in [0, 0.1) is 18.3 Å². The SMILES string of the molecule is Cc1cc(C#N)c2ncnc(N3CCC(N(C)S(N)(=O)=O)CC3)n12. The summed E-state index contributed by atoms with van der Waals surface area (Å²) < 4.78 is 26.0. The summed E-state index contributed by atoms with van der Waals surface area (Å²) in [5.74, 6) is 0.718. The lowest BCUT2D eigenvalue weighted by atomic mass is 10.1. The van der Waals surface area contributed by atoms with Crippen molar-refractivity contribution in [1.82, 2.24) is 18.7 Å². The highest BCUT2D eigenvalue weighted by molar-refractivity contribution is 7.86. The summed E-state index contributed by atoms with van der Waals surface area (Å²) in [4.78, 5) is 10.7. The highest BCUT2D eigenvalue weighted by Gasteiger charge is 2.29. The van der Waals surface area contributed by atoms with Crippen LogP contribution in [0.4, 0.5) is 5.95 Å². The van der Waals surface area contributed by atoms with E-state index in [1.807, 2.05) is 11.3 Å². The average Bonchev–Trinajstić information content (AvgIpc) is 2.90. The van der Waals surface area contributed by atoms with Gasteiger partial charge < -0.3 is 4.90 Å². The van der Waals surface area contributed by atoms with Crippen molar-refractivity contribution in [2.24, 2.45) is 5.14 Å². The first-order valence-corrected chi connectivity index (χ1v) is 9.07. The molecular weight excluding hydrogens is 330 g/mol. The summed E-state index contributed by atoms with van der Waals surface area (Å²) in [5.41, 5.74) is 1.99. The monoisotopic (exact) mass is 349 g/mol. The second-order valence-electron chi connectivity index (χ2n) is 5.92. The molecule has 1 fully saturated rings. The zero-order valence-corrected chi connectivity index (χ0v) is 14.4. The van der Waals surface area contributed by atoms with Crippen molar-refractivity contribution in [2.75, 3.05) is 25.0 Å². The van der Waals surface area contributed by atoms with E-state index in [1.54, 1.807) is 6.07 Å². The minimum Gasteiger partial charge on any atom is -0.342 e. The molecule has 10 heteroatoms. The molecular formula is C14H19N7O2S. The van der Waals surface area contributed by atoms with E-state index in [0.717, 1.165) is 11.6 Å². The topological polar surface area (TPSA) is 121 Å². The fourth-order valence-electron chi connectivity index (χ4n) is 3.14. The Kier molecular flexibility index (Phi) is 4.16. The van der Waals surface area contributed by atoms with E-state index in [2.05, 4.69) is 20.9 Å². The molecule has 9 nitrogen and oxygen atoms in total. The molecule has 1 saturated heterocycles. The van der Waals surface area contributed by atoms with Crippen molar-refractivity contribution in [2.45, 2.75) is 25.8 Å². The van der Waals surface area contributed by atoms with Crippen molar-refractivity contribution in [3.05, 3.63) is 23.7 Å². The van der Waals surface area contributed by atoms with Crippen LogP contribution in [0.2, 0.25) is 0 Å². The summed E-state index contributed by atoms with van der Waals surface area (Å²) in [7, 11) is -2.17. The summed E-state index contributed by atoms with van der Waals surface area (Å²) in [6, 6.07) is 3.81. The molecule has 0 aromatic carbocycles. The molecule has 2 aromatic heterocycles. The molecule has 128 valence electrons. The van der Waals surface area contributed by atoms with Gasteiger partial charge in [-0.05, 0) is 25.8 Å². The predicted octanol–water partition coefficient (Wildman–Crippen LogP) is 0.0135. The van der Waals surface area contributed by atoms with Crippen LogP contribution in [-0.4, -0.2) is 53.3 Å². The van der Waals surface area contributed by atoms with Crippen molar-refractivity contribution >= 4 is 21.8 Å². The molecule has 0 aliphatic carbocycles. The maximum absolute atomic E-state index is 11.5. The molecule has 0 amide bonds. The number of nitriles is 1. The summed E-state index contributed by atoms with van der Waals surface area (Å²) in [5, 5.41) is 14.4. The summed E-state index contributed by atoms with van der Waals surface area (Å²) >= 11 is 0. The van der Waals surface area contributed by atoms with Crippen molar-refractivity contribution < 1.29 is 8.42 Å². The lowest BCUT2D eigenvalue weighted by Gasteiger charge is -2.36. The second kappa shape index (κ2) is 6.01. The third-order valence-electron chi connectivity index (χ3n) is 4.50. The molecule has 1 aliphatic rings. The number of rotatable bonds is 3. The minimum absolute atomic E-state index is 0.117. The lowest BCUT2D eigenvalue weighted by molar-refractivity contribution is 0.311. The van der Waals surface area contributed by atoms with Crippen LogP contribution >= 0.6 is 0 Å². The van der Waals surface area contributed by atoms with Crippen LogP contribution in [0.15, 0.2) is 12.4 Å². The smallest absolute Gasteiger partial charge is 0.276 e. The Morgan fingerprint density at radius 2 is 2.04 bits per heavy atom. The minimum atomic E-state index is -3.68. The van der Waals surface area contributed by atoms with Crippen LogP contribution in [0.5, 0.6) is 0 Å². The average molecular weight is 349 g/mol. The summed E-state index contributed by atoms with van der Waals surface area (Å²) in [6.07, 6.45) is 2.77. The third kappa shape index (κ3) is 2.82. The Bertz CT molecular complexity index is 907. The van der Waals surface area contributed by atoms with Crippen molar-refractivity contribution in [3.63, 3.8) is 0 Å². The molecule has 24 heavy (non-hydrogen) atoms. The van der Waals surface area contributed by atoms with Gasteiger partial charge in [-0.15, -0.1) is 0 Å². The van der Waals surface area contributed by atoms with Gasteiger partial charge in [0.05, 0.1) is 5.56 Å². The van der Waals surface area contributed by atoms with Gasteiger partial charge in [0.1, 0.15) is 12.4 Å². The van der Waals surface area contributed by atoms with E-state index in [0.29, 0.717) is 37.1 Å². The van der Waals surface area contributed by atoms with Gasteiger partial charge in [0.25, 0.3) is 10.2 Å². The molecule has 2 aromatic rings. The fourth-order valence-corrected chi connectivity index (χ4v) is 3.77. The van der Waals surface area contributed by atoms with Crippen LogP contribution in [0.3, 0.4) is 0 Å². The highest BCUT2D eigenvalue weighted by Crippen LogP contribution is 2.24. The lowest BCUT2D eigenvalue weighted by Crippen LogP contribution is -2.48. The maximum atomic E-state index is 11.5. The molecule has 0 bridgehead atoms. The van der Waals surface area contributed by atoms with Gasteiger partial charge in [-0.3, -0.25) is 4.40 Å². The van der Waals surface area contributed by atoms with Gasteiger partial charge in [-0.2, -0.15) is 18.0 Å². The maximum Gasteiger partial charge on any atom is 0.276 e. The van der Waals surface area contributed by atoms with Gasteiger partial charge >= 0.3 is 0 Å². The first-order valence-electron chi connectivity index (χ1n) is 7.56. The third-order valence-corrected chi connectivity index (χ3v) is 5.60. The number of fused-ring (bicyclic) bond motifs is 1. The Hall–Kier alpha value is -2.22. The number of aromatic nitrogens is 3. The first-order chi connectivity index (χ1) is 11.3. The van der Waals surface area contributed by atoms with Gasteiger partial charge in [0, 0.05) is 31.9 Å². The number of piperidine rings is 1. The quantitative estimate of drug-likeness (QED) is 0.833. The van der Waals surface area contributed by atoms with Crippen LogP contribution in [0.1, 0.15) is 24.1 Å². The van der Waals surface area contributed by atoms with Gasteiger partial charge in [-0.25, -0.2) is 15.1 Å². The zero-order valence-electron chi connectivity index (χ0n) is 13.5. The number of anilines is 1.